The average Bonchev–Trinajstić information content (AvgIpc) is 3.77. The van der Waals surface area contributed by atoms with Gasteiger partial charge in [-0.25, -0.2) is 0 Å². The Bertz CT molecular complexity index is 2500. The standard InChI is InChI=1S/C50H40N4S/c1-3-11-37(12-4-1)41-15-7-17-45(33-41)53(47-19-9-31-51-35-47)43-25-21-39(22-26-43)49-29-30-50(55-49)40-23-27-44(28-24-40)54(48-20-10-32-52-36-48)46-18-8-16-42(34-46)38-13-5-2-6-14-38/h1-7,9-17,19-23,25-36,40H,8,18,24H2. The quantitative estimate of drug-likeness (QED) is 0.140. The largest absolute Gasteiger partial charge is 0.313 e. The molecule has 0 N–H and O–H groups in total. The van der Waals surface area contributed by atoms with E-state index in [-0.39, 0.29) is 0 Å². The second-order valence-corrected chi connectivity index (χ2v) is 14.9. The van der Waals surface area contributed by atoms with E-state index in [0.717, 1.165) is 42.0 Å². The van der Waals surface area contributed by atoms with Crippen LogP contribution in [0.5, 0.6) is 0 Å². The Balaban J connectivity index is 0.948. The Morgan fingerprint density at radius 3 is 1.93 bits per heavy atom. The summed E-state index contributed by atoms with van der Waals surface area (Å²) in [6, 6.07) is 51.7. The van der Waals surface area contributed by atoms with Crippen LogP contribution in [0.15, 0.2) is 212 Å². The number of hydrogen-bond donors (Lipinski definition) is 0. The molecule has 2 aliphatic rings. The van der Waals surface area contributed by atoms with Gasteiger partial charge < -0.3 is 9.80 Å². The normalized spacial score (nSPS) is 15.1. The van der Waals surface area contributed by atoms with Gasteiger partial charge in [0.25, 0.3) is 0 Å². The molecule has 0 bridgehead atoms. The highest BCUT2D eigenvalue weighted by Gasteiger charge is 2.22. The second-order valence-electron chi connectivity index (χ2n) is 13.8. The first-order valence-electron chi connectivity index (χ1n) is 18.9. The zero-order valence-corrected chi connectivity index (χ0v) is 31.3. The molecule has 1 unspecified atom stereocenters. The minimum absolute atomic E-state index is 0.329. The molecule has 0 saturated heterocycles. The molecule has 4 nitrogen and oxygen atoms in total. The number of allylic oxidation sites excluding steroid dienone is 7. The van der Waals surface area contributed by atoms with Gasteiger partial charge in [0, 0.05) is 50.8 Å². The molecule has 0 amide bonds. The molecule has 0 radical (unpaired) electrons. The molecule has 0 fully saturated rings. The van der Waals surface area contributed by atoms with Gasteiger partial charge in [-0.3, -0.25) is 9.97 Å². The molecular weight excluding hydrogens is 689 g/mol. The van der Waals surface area contributed by atoms with Crippen LogP contribution in [-0.4, -0.2) is 9.97 Å². The Morgan fingerprint density at radius 2 is 1.24 bits per heavy atom. The number of hydrogen-bond acceptors (Lipinski definition) is 5. The van der Waals surface area contributed by atoms with Gasteiger partial charge in [0.2, 0.25) is 0 Å². The summed E-state index contributed by atoms with van der Waals surface area (Å²) in [6.45, 7) is 0. The van der Waals surface area contributed by atoms with Crippen molar-refractivity contribution in [1.29, 1.82) is 0 Å². The SMILES string of the molecule is C1=CC(c2ccc(-c3ccc(N(c4cccnc4)c4cccc(-c5ccccc5)c4)cc3)s2)CC=C1N(C1=CC(c2ccccc2)=CCC1)c1cccnc1. The first-order valence-corrected chi connectivity index (χ1v) is 19.7. The van der Waals surface area contributed by atoms with Crippen LogP contribution in [0, 0.1) is 0 Å². The molecule has 3 heterocycles. The van der Waals surface area contributed by atoms with Crippen molar-refractivity contribution >= 4 is 39.7 Å². The lowest BCUT2D eigenvalue weighted by Gasteiger charge is -2.32. The van der Waals surface area contributed by atoms with Gasteiger partial charge >= 0.3 is 0 Å². The third-order valence-corrected chi connectivity index (χ3v) is 11.5. The van der Waals surface area contributed by atoms with E-state index in [9.17, 15) is 0 Å². The lowest BCUT2D eigenvalue weighted by molar-refractivity contribution is 0.839. The van der Waals surface area contributed by atoms with Gasteiger partial charge in [-0.2, -0.15) is 0 Å². The predicted octanol–water partition coefficient (Wildman–Crippen LogP) is 13.5. The summed E-state index contributed by atoms with van der Waals surface area (Å²) in [6.07, 6.45) is 22.3. The van der Waals surface area contributed by atoms with Crippen LogP contribution in [0.4, 0.5) is 22.7 Å². The molecule has 5 heteroatoms. The number of rotatable bonds is 10. The molecule has 7 aromatic rings. The summed E-state index contributed by atoms with van der Waals surface area (Å²) in [5, 5.41) is 0. The highest BCUT2D eigenvalue weighted by Crippen LogP contribution is 2.41. The van der Waals surface area contributed by atoms with Crippen LogP contribution < -0.4 is 9.80 Å². The van der Waals surface area contributed by atoms with Crippen LogP contribution in [0.25, 0.3) is 27.1 Å². The maximum absolute atomic E-state index is 4.49. The molecule has 266 valence electrons. The van der Waals surface area contributed by atoms with Gasteiger partial charge in [-0.05, 0) is 120 Å². The Morgan fingerprint density at radius 1 is 0.545 bits per heavy atom. The molecule has 3 aromatic heterocycles. The molecule has 0 aliphatic heterocycles. The zero-order chi connectivity index (χ0) is 36.8. The van der Waals surface area contributed by atoms with Crippen molar-refractivity contribution in [3.63, 3.8) is 0 Å². The number of pyridine rings is 2. The van der Waals surface area contributed by atoms with Crippen molar-refractivity contribution in [2.24, 2.45) is 0 Å². The van der Waals surface area contributed by atoms with Crippen LogP contribution in [0.2, 0.25) is 0 Å². The number of thiophene rings is 1. The van der Waals surface area contributed by atoms with Crippen LogP contribution in [0.1, 0.15) is 35.6 Å². The first kappa shape index (κ1) is 34.2. The molecule has 4 aromatic carbocycles. The summed E-state index contributed by atoms with van der Waals surface area (Å²) in [5.41, 5.74) is 12.9. The minimum atomic E-state index is 0.329. The Hall–Kier alpha value is -6.56. The van der Waals surface area contributed by atoms with Crippen molar-refractivity contribution in [3.05, 3.63) is 223 Å². The topological polar surface area (TPSA) is 32.3 Å². The summed E-state index contributed by atoms with van der Waals surface area (Å²) >= 11 is 1.88. The summed E-state index contributed by atoms with van der Waals surface area (Å²) in [7, 11) is 0. The second kappa shape index (κ2) is 15.8. The van der Waals surface area contributed by atoms with Crippen molar-refractivity contribution in [2.45, 2.75) is 25.2 Å². The van der Waals surface area contributed by atoms with Gasteiger partial charge in [0.1, 0.15) is 0 Å². The predicted molar refractivity (Wildman–Crippen MR) is 231 cm³/mol. The fraction of sp³-hybridized carbons (Fsp3) is 0.0800. The molecule has 55 heavy (non-hydrogen) atoms. The van der Waals surface area contributed by atoms with Crippen LogP contribution >= 0.6 is 11.3 Å². The smallest absolute Gasteiger partial charge is 0.0644 e. The fourth-order valence-electron chi connectivity index (χ4n) is 7.52. The van der Waals surface area contributed by atoms with Crippen molar-refractivity contribution in [2.75, 3.05) is 9.80 Å². The monoisotopic (exact) mass is 728 g/mol. The minimum Gasteiger partial charge on any atom is -0.313 e. The van der Waals surface area contributed by atoms with E-state index in [2.05, 4.69) is 184 Å². The van der Waals surface area contributed by atoms with Gasteiger partial charge in [0.05, 0.1) is 23.8 Å². The molecular formula is C50H40N4S. The third kappa shape index (κ3) is 7.48. The molecule has 0 spiro atoms. The fourth-order valence-corrected chi connectivity index (χ4v) is 8.62. The zero-order valence-electron chi connectivity index (χ0n) is 30.4. The summed E-state index contributed by atoms with van der Waals surface area (Å²) in [5.74, 6) is 0.329. The number of benzene rings is 4. The lowest BCUT2D eigenvalue weighted by atomic mass is 9.94. The molecule has 1 atom stereocenters. The number of aromatic nitrogens is 2. The Labute approximate surface area is 327 Å². The maximum atomic E-state index is 4.49. The van der Waals surface area contributed by atoms with Crippen molar-refractivity contribution < 1.29 is 0 Å². The van der Waals surface area contributed by atoms with E-state index in [1.54, 1.807) is 0 Å². The van der Waals surface area contributed by atoms with Crippen molar-refractivity contribution in [3.8, 4) is 21.6 Å². The van der Waals surface area contributed by atoms with Gasteiger partial charge in [-0.1, -0.05) is 103 Å². The first-order chi connectivity index (χ1) is 27.3. The summed E-state index contributed by atoms with van der Waals surface area (Å²) < 4.78 is 0. The van der Waals surface area contributed by atoms with Crippen LogP contribution in [-0.2, 0) is 0 Å². The number of anilines is 4. The highest BCUT2D eigenvalue weighted by molar-refractivity contribution is 7.15. The van der Waals surface area contributed by atoms with Gasteiger partial charge in [-0.15, -0.1) is 11.3 Å². The van der Waals surface area contributed by atoms with E-state index < -0.39 is 0 Å². The van der Waals surface area contributed by atoms with E-state index >= 15 is 0 Å². The lowest BCUT2D eigenvalue weighted by Crippen LogP contribution is -2.23. The average molecular weight is 729 g/mol. The van der Waals surface area contributed by atoms with Crippen LogP contribution in [0.3, 0.4) is 0 Å². The summed E-state index contributed by atoms with van der Waals surface area (Å²) in [4.78, 5) is 16.3. The Kier molecular flexibility index (Phi) is 9.84. The van der Waals surface area contributed by atoms with E-state index in [4.69, 9.17) is 0 Å². The van der Waals surface area contributed by atoms with E-state index in [0.29, 0.717) is 5.92 Å². The van der Waals surface area contributed by atoms with E-state index in [1.165, 1.54) is 49.0 Å². The maximum Gasteiger partial charge on any atom is 0.0644 e. The van der Waals surface area contributed by atoms with Crippen molar-refractivity contribution in [1.82, 2.24) is 9.97 Å². The highest BCUT2D eigenvalue weighted by atomic mass is 32.1. The third-order valence-electron chi connectivity index (χ3n) is 10.2. The molecule has 9 rings (SSSR count). The van der Waals surface area contributed by atoms with Gasteiger partial charge in [0.15, 0.2) is 0 Å². The number of nitrogens with zero attached hydrogens (tertiary/aromatic N) is 4. The molecule has 2 aliphatic carbocycles. The molecule has 0 saturated carbocycles. The van der Waals surface area contributed by atoms with E-state index in [1.807, 2.05) is 48.3 Å².